The van der Waals surface area contributed by atoms with Crippen molar-refractivity contribution >= 4 is 17.7 Å². The fourth-order valence-electron chi connectivity index (χ4n) is 3.52. The summed E-state index contributed by atoms with van der Waals surface area (Å²) < 4.78 is 0. The van der Waals surface area contributed by atoms with E-state index in [2.05, 4.69) is 10.6 Å². The maximum atomic E-state index is 12.6. The first-order valence-corrected chi connectivity index (χ1v) is 9.18. The van der Waals surface area contributed by atoms with Gasteiger partial charge in [0.15, 0.2) is 0 Å². The van der Waals surface area contributed by atoms with E-state index in [1.165, 1.54) is 0 Å². The van der Waals surface area contributed by atoms with Crippen molar-refractivity contribution in [2.24, 2.45) is 5.73 Å². The summed E-state index contributed by atoms with van der Waals surface area (Å²) in [6.07, 6.45) is 2.68. The molecule has 2 heterocycles. The third-order valence-corrected chi connectivity index (χ3v) is 4.93. The summed E-state index contributed by atoms with van der Waals surface area (Å²) in [5.41, 5.74) is 8.44. The minimum absolute atomic E-state index is 0.133. The van der Waals surface area contributed by atoms with Crippen LogP contribution in [0.2, 0.25) is 0 Å². The van der Waals surface area contributed by atoms with Gasteiger partial charge in [-0.3, -0.25) is 19.7 Å². The Labute approximate surface area is 153 Å². The molecule has 7 nitrogen and oxygen atoms in total. The molecule has 1 fully saturated rings. The van der Waals surface area contributed by atoms with Gasteiger partial charge in [0.1, 0.15) is 6.04 Å². The lowest BCUT2D eigenvalue weighted by Crippen LogP contribution is -2.52. The number of nitrogens with zero attached hydrogens (tertiary/aromatic N) is 1. The molecular formula is C19H26N4O3. The van der Waals surface area contributed by atoms with Crippen LogP contribution >= 0.6 is 0 Å². The predicted molar refractivity (Wildman–Crippen MR) is 97.1 cm³/mol. The van der Waals surface area contributed by atoms with Crippen molar-refractivity contribution in [3.63, 3.8) is 0 Å². The van der Waals surface area contributed by atoms with Crippen LogP contribution in [-0.2, 0) is 22.7 Å². The molecule has 0 aliphatic carbocycles. The molecule has 1 saturated heterocycles. The Balaban J connectivity index is 1.59. The van der Waals surface area contributed by atoms with Crippen molar-refractivity contribution < 1.29 is 14.4 Å². The molecule has 0 saturated carbocycles. The number of hydrogen-bond donors (Lipinski definition) is 3. The Morgan fingerprint density at radius 2 is 2.15 bits per heavy atom. The highest BCUT2D eigenvalue weighted by atomic mass is 16.2. The van der Waals surface area contributed by atoms with Crippen molar-refractivity contribution in [3.8, 4) is 0 Å². The van der Waals surface area contributed by atoms with E-state index in [1.807, 2.05) is 25.1 Å². The number of piperidine rings is 1. The summed E-state index contributed by atoms with van der Waals surface area (Å²) in [6, 6.07) is 5.47. The first-order valence-electron chi connectivity index (χ1n) is 9.18. The number of benzene rings is 1. The fraction of sp³-hybridized carbons (Fsp3) is 0.526. The quantitative estimate of drug-likeness (QED) is 0.491. The lowest BCUT2D eigenvalue weighted by Gasteiger charge is -2.29. The highest BCUT2D eigenvalue weighted by molar-refractivity contribution is 6.05. The SMILES string of the molecule is CC(N)CCCNCc1ccc2c(c1)CN(C1CCC(=O)NC1=O)C2=O. The zero-order chi connectivity index (χ0) is 18.7. The summed E-state index contributed by atoms with van der Waals surface area (Å²) in [4.78, 5) is 37.6. The van der Waals surface area contributed by atoms with Crippen molar-refractivity contribution in [2.75, 3.05) is 6.54 Å². The van der Waals surface area contributed by atoms with Crippen LogP contribution in [0.4, 0.5) is 0 Å². The minimum Gasteiger partial charge on any atom is -0.328 e. The zero-order valence-electron chi connectivity index (χ0n) is 15.1. The molecule has 7 heteroatoms. The number of hydrogen-bond acceptors (Lipinski definition) is 5. The van der Waals surface area contributed by atoms with Gasteiger partial charge in [-0.2, -0.15) is 0 Å². The van der Waals surface area contributed by atoms with Gasteiger partial charge in [-0.1, -0.05) is 12.1 Å². The van der Waals surface area contributed by atoms with E-state index in [9.17, 15) is 14.4 Å². The van der Waals surface area contributed by atoms with Crippen molar-refractivity contribution in [3.05, 3.63) is 34.9 Å². The molecule has 26 heavy (non-hydrogen) atoms. The third kappa shape index (κ3) is 4.11. The highest BCUT2D eigenvalue weighted by Gasteiger charge is 2.38. The lowest BCUT2D eigenvalue weighted by atomic mass is 10.0. The maximum absolute atomic E-state index is 12.6. The summed E-state index contributed by atoms with van der Waals surface area (Å²) in [6.45, 7) is 4.06. The number of rotatable bonds is 7. The molecule has 1 aromatic carbocycles. The van der Waals surface area contributed by atoms with E-state index in [0.29, 0.717) is 18.5 Å². The Bertz CT molecular complexity index is 717. The third-order valence-electron chi connectivity index (χ3n) is 4.93. The number of nitrogens with one attached hydrogen (secondary N) is 2. The molecule has 2 unspecified atom stereocenters. The van der Waals surface area contributed by atoms with Crippen LogP contribution in [0.25, 0.3) is 0 Å². The normalized spacial score (nSPS) is 20.9. The molecule has 3 amide bonds. The van der Waals surface area contributed by atoms with Gasteiger partial charge in [0, 0.05) is 31.1 Å². The van der Waals surface area contributed by atoms with Crippen LogP contribution in [0.1, 0.15) is 54.1 Å². The monoisotopic (exact) mass is 358 g/mol. The molecule has 2 aliphatic heterocycles. The van der Waals surface area contributed by atoms with Gasteiger partial charge in [0.2, 0.25) is 11.8 Å². The molecule has 0 spiro atoms. The largest absolute Gasteiger partial charge is 0.328 e. The standard InChI is InChI=1S/C19H26N4O3/c1-12(20)3-2-8-21-10-13-4-5-15-14(9-13)11-23(19(15)26)16-6-7-17(24)22-18(16)25/h4-5,9,12,16,21H,2-3,6-8,10-11,20H2,1H3,(H,22,24,25). The van der Waals surface area contributed by atoms with Gasteiger partial charge < -0.3 is 16.0 Å². The molecule has 3 rings (SSSR count). The second kappa shape index (κ2) is 7.97. The van der Waals surface area contributed by atoms with Crippen molar-refractivity contribution in [1.29, 1.82) is 0 Å². The van der Waals surface area contributed by atoms with Gasteiger partial charge in [-0.05, 0) is 49.9 Å². The van der Waals surface area contributed by atoms with Crippen molar-refractivity contribution in [1.82, 2.24) is 15.5 Å². The smallest absolute Gasteiger partial charge is 0.255 e. The molecule has 140 valence electrons. The molecule has 2 atom stereocenters. The predicted octanol–water partition coefficient (Wildman–Crippen LogP) is 0.665. The lowest BCUT2D eigenvalue weighted by molar-refractivity contribution is -0.136. The average Bonchev–Trinajstić information content (AvgIpc) is 2.90. The zero-order valence-corrected chi connectivity index (χ0v) is 15.1. The number of nitrogens with two attached hydrogens (primary N) is 1. The second-order valence-corrected chi connectivity index (χ2v) is 7.19. The maximum Gasteiger partial charge on any atom is 0.255 e. The molecule has 0 radical (unpaired) electrons. The van der Waals surface area contributed by atoms with Crippen LogP contribution in [0, 0.1) is 0 Å². The molecule has 2 aliphatic rings. The Kier molecular flexibility index (Phi) is 5.68. The van der Waals surface area contributed by atoms with Crippen LogP contribution in [-0.4, -0.2) is 41.2 Å². The minimum atomic E-state index is -0.563. The number of carbonyl (C=O) groups is 3. The number of imide groups is 1. The average molecular weight is 358 g/mol. The first-order chi connectivity index (χ1) is 12.5. The second-order valence-electron chi connectivity index (χ2n) is 7.19. The highest BCUT2D eigenvalue weighted by Crippen LogP contribution is 2.28. The number of fused-ring (bicyclic) bond motifs is 1. The van der Waals surface area contributed by atoms with Crippen LogP contribution in [0.15, 0.2) is 18.2 Å². The van der Waals surface area contributed by atoms with E-state index in [0.717, 1.165) is 37.1 Å². The Morgan fingerprint density at radius 1 is 1.35 bits per heavy atom. The number of amides is 3. The van der Waals surface area contributed by atoms with Gasteiger partial charge in [0.05, 0.1) is 0 Å². The van der Waals surface area contributed by atoms with E-state index >= 15 is 0 Å². The number of carbonyl (C=O) groups excluding carboxylic acids is 3. The fourth-order valence-corrected chi connectivity index (χ4v) is 3.52. The summed E-state index contributed by atoms with van der Waals surface area (Å²) in [7, 11) is 0. The Morgan fingerprint density at radius 3 is 2.88 bits per heavy atom. The first kappa shape index (κ1) is 18.5. The van der Waals surface area contributed by atoms with E-state index in [1.54, 1.807) is 4.90 Å². The molecule has 0 aromatic heterocycles. The van der Waals surface area contributed by atoms with E-state index in [4.69, 9.17) is 5.73 Å². The summed E-state index contributed by atoms with van der Waals surface area (Å²) >= 11 is 0. The van der Waals surface area contributed by atoms with Gasteiger partial charge in [-0.15, -0.1) is 0 Å². The van der Waals surface area contributed by atoms with Crippen molar-refractivity contribution in [2.45, 2.75) is 57.8 Å². The van der Waals surface area contributed by atoms with E-state index < -0.39 is 6.04 Å². The molecular weight excluding hydrogens is 332 g/mol. The van der Waals surface area contributed by atoms with Crippen LogP contribution in [0.5, 0.6) is 0 Å². The van der Waals surface area contributed by atoms with E-state index in [-0.39, 0.29) is 30.2 Å². The van der Waals surface area contributed by atoms with Crippen LogP contribution < -0.4 is 16.4 Å². The summed E-state index contributed by atoms with van der Waals surface area (Å²) in [5, 5.41) is 5.71. The topological polar surface area (TPSA) is 105 Å². The molecule has 4 N–H and O–H groups in total. The van der Waals surface area contributed by atoms with Gasteiger partial charge in [-0.25, -0.2) is 0 Å². The van der Waals surface area contributed by atoms with Gasteiger partial charge in [0.25, 0.3) is 5.91 Å². The molecule has 1 aromatic rings. The molecule has 0 bridgehead atoms. The Hall–Kier alpha value is -2.25. The summed E-state index contributed by atoms with van der Waals surface area (Å²) in [5.74, 6) is -0.780. The van der Waals surface area contributed by atoms with Gasteiger partial charge >= 0.3 is 0 Å². The van der Waals surface area contributed by atoms with Crippen LogP contribution in [0.3, 0.4) is 0 Å².